The summed E-state index contributed by atoms with van der Waals surface area (Å²) in [4.78, 5) is 8.84. The molecule has 0 spiro atoms. The van der Waals surface area contributed by atoms with Gasteiger partial charge in [-0.3, -0.25) is 0 Å². The summed E-state index contributed by atoms with van der Waals surface area (Å²) in [7, 11) is 1.99. The van der Waals surface area contributed by atoms with Crippen LogP contribution in [0.25, 0.3) is 11.5 Å². The van der Waals surface area contributed by atoms with Crippen molar-refractivity contribution in [3.8, 4) is 11.5 Å². The average molecular weight is 258 g/mol. The molecule has 0 amide bonds. The lowest BCUT2D eigenvalue weighted by atomic mass is 10.1. The predicted molar refractivity (Wildman–Crippen MR) is 71.5 cm³/mol. The van der Waals surface area contributed by atoms with Crippen molar-refractivity contribution in [1.82, 2.24) is 20.4 Å². The lowest BCUT2D eigenvalue weighted by Gasteiger charge is -2.11. The van der Waals surface area contributed by atoms with Crippen LogP contribution in [-0.2, 0) is 6.42 Å². The summed E-state index contributed by atoms with van der Waals surface area (Å²) >= 11 is 0. The molecule has 1 fully saturated rings. The van der Waals surface area contributed by atoms with E-state index < -0.39 is 0 Å². The topological polar surface area (TPSA) is 63.8 Å². The van der Waals surface area contributed by atoms with Gasteiger partial charge in [-0.15, -0.1) is 0 Å². The van der Waals surface area contributed by atoms with Crippen LogP contribution in [0.15, 0.2) is 22.7 Å². The molecule has 100 valence electrons. The van der Waals surface area contributed by atoms with Crippen LogP contribution in [0.4, 0.5) is 0 Å². The Labute approximate surface area is 112 Å². The van der Waals surface area contributed by atoms with Crippen molar-refractivity contribution < 1.29 is 4.52 Å². The third-order valence-corrected chi connectivity index (χ3v) is 3.54. The zero-order chi connectivity index (χ0) is 13.2. The second-order valence-electron chi connectivity index (χ2n) is 5.11. The van der Waals surface area contributed by atoms with E-state index in [1.54, 1.807) is 0 Å². The Balaban J connectivity index is 1.75. The molecule has 2 aromatic rings. The van der Waals surface area contributed by atoms with E-state index in [0.717, 1.165) is 23.7 Å². The Morgan fingerprint density at radius 1 is 1.37 bits per heavy atom. The normalized spacial score (nSPS) is 16.5. The molecule has 5 nitrogen and oxygen atoms in total. The van der Waals surface area contributed by atoms with Crippen molar-refractivity contribution >= 4 is 0 Å². The maximum absolute atomic E-state index is 5.33. The molecular weight excluding hydrogens is 240 g/mol. The maximum Gasteiger partial charge on any atom is 0.228 e. The first-order valence-corrected chi connectivity index (χ1v) is 6.70. The molecule has 19 heavy (non-hydrogen) atoms. The Morgan fingerprint density at radius 2 is 2.21 bits per heavy atom. The summed E-state index contributed by atoms with van der Waals surface area (Å²) in [5.41, 5.74) is 1.72. The van der Waals surface area contributed by atoms with Crippen molar-refractivity contribution in [2.75, 3.05) is 7.05 Å². The number of hydrogen-bond acceptors (Lipinski definition) is 5. The summed E-state index contributed by atoms with van der Waals surface area (Å²) in [6, 6.07) is 6.25. The molecule has 1 saturated carbocycles. The number of nitrogens with zero attached hydrogens (tertiary/aromatic N) is 3. The van der Waals surface area contributed by atoms with Gasteiger partial charge in [0.05, 0.1) is 0 Å². The van der Waals surface area contributed by atoms with Crippen LogP contribution in [0.2, 0.25) is 0 Å². The van der Waals surface area contributed by atoms with E-state index in [1.807, 2.05) is 32.2 Å². The fraction of sp³-hybridized carbons (Fsp3) is 0.500. The average Bonchev–Trinajstić information content (AvgIpc) is 3.15. The van der Waals surface area contributed by atoms with E-state index in [-0.39, 0.29) is 0 Å². The molecule has 0 aromatic carbocycles. The van der Waals surface area contributed by atoms with Gasteiger partial charge in [-0.25, -0.2) is 4.98 Å². The quantitative estimate of drug-likeness (QED) is 0.888. The van der Waals surface area contributed by atoms with E-state index >= 15 is 0 Å². The highest BCUT2D eigenvalue weighted by Crippen LogP contribution is 2.33. The fourth-order valence-electron chi connectivity index (χ4n) is 2.30. The largest absolute Gasteiger partial charge is 0.339 e. The molecule has 5 heteroatoms. The van der Waals surface area contributed by atoms with Gasteiger partial charge in [-0.05, 0) is 44.9 Å². The van der Waals surface area contributed by atoms with Gasteiger partial charge in [0.1, 0.15) is 5.69 Å². The van der Waals surface area contributed by atoms with Gasteiger partial charge in [0, 0.05) is 18.2 Å². The van der Waals surface area contributed by atoms with Crippen LogP contribution in [-0.4, -0.2) is 28.2 Å². The standard InChI is InChI=1S/C14H18N4O/c1-9-4-3-5-11(16-9)14-17-13(19-18-14)8-12(15-2)10-6-7-10/h3-5,10,12,15H,6-8H2,1-2H3. The Hall–Kier alpha value is -1.75. The van der Waals surface area contributed by atoms with E-state index in [4.69, 9.17) is 4.52 Å². The summed E-state index contributed by atoms with van der Waals surface area (Å²) in [5.74, 6) is 2.02. The number of aromatic nitrogens is 3. The number of nitrogens with one attached hydrogen (secondary N) is 1. The van der Waals surface area contributed by atoms with Crippen LogP contribution >= 0.6 is 0 Å². The van der Waals surface area contributed by atoms with Gasteiger partial charge in [0.25, 0.3) is 0 Å². The van der Waals surface area contributed by atoms with Crippen LogP contribution in [0.1, 0.15) is 24.4 Å². The van der Waals surface area contributed by atoms with Crippen LogP contribution in [0.3, 0.4) is 0 Å². The van der Waals surface area contributed by atoms with Gasteiger partial charge in [0.2, 0.25) is 11.7 Å². The first-order chi connectivity index (χ1) is 9.26. The molecule has 2 heterocycles. The molecule has 1 aliphatic carbocycles. The van der Waals surface area contributed by atoms with Gasteiger partial charge < -0.3 is 9.84 Å². The van der Waals surface area contributed by atoms with E-state index in [0.29, 0.717) is 17.8 Å². The molecular formula is C14H18N4O. The van der Waals surface area contributed by atoms with Crippen molar-refractivity contribution in [3.05, 3.63) is 29.8 Å². The van der Waals surface area contributed by atoms with Crippen molar-refractivity contribution in [2.24, 2.45) is 5.92 Å². The molecule has 1 atom stereocenters. The zero-order valence-corrected chi connectivity index (χ0v) is 11.3. The van der Waals surface area contributed by atoms with Gasteiger partial charge in [0.15, 0.2) is 0 Å². The molecule has 0 radical (unpaired) electrons. The SMILES string of the molecule is CNC(Cc1nc(-c2cccc(C)n2)no1)C1CC1. The minimum absolute atomic E-state index is 0.443. The monoisotopic (exact) mass is 258 g/mol. The van der Waals surface area contributed by atoms with E-state index in [1.165, 1.54) is 12.8 Å². The second-order valence-corrected chi connectivity index (χ2v) is 5.11. The van der Waals surface area contributed by atoms with Crippen molar-refractivity contribution in [2.45, 2.75) is 32.2 Å². The summed E-state index contributed by atoms with van der Waals surface area (Å²) in [6.07, 6.45) is 3.39. The molecule has 1 unspecified atom stereocenters. The van der Waals surface area contributed by atoms with E-state index in [2.05, 4.69) is 20.4 Å². The number of pyridine rings is 1. The lowest BCUT2D eigenvalue weighted by molar-refractivity contribution is 0.352. The fourth-order valence-corrected chi connectivity index (χ4v) is 2.30. The number of rotatable bonds is 5. The summed E-state index contributed by atoms with van der Waals surface area (Å²) < 4.78 is 5.33. The molecule has 1 N–H and O–H groups in total. The second kappa shape index (κ2) is 5.09. The Bertz CT molecular complexity index is 562. The number of likely N-dealkylation sites (N-methyl/N-ethyl adjacent to an activating group) is 1. The molecule has 1 aliphatic rings. The van der Waals surface area contributed by atoms with Crippen LogP contribution in [0, 0.1) is 12.8 Å². The Kier molecular flexibility index (Phi) is 3.29. The summed E-state index contributed by atoms with van der Waals surface area (Å²) in [6.45, 7) is 1.95. The third kappa shape index (κ3) is 2.81. The first-order valence-electron chi connectivity index (χ1n) is 6.70. The smallest absolute Gasteiger partial charge is 0.228 e. The molecule has 3 rings (SSSR count). The van der Waals surface area contributed by atoms with Crippen molar-refractivity contribution in [3.63, 3.8) is 0 Å². The molecule has 0 bridgehead atoms. The van der Waals surface area contributed by atoms with Gasteiger partial charge in [-0.2, -0.15) is 4.98 Å². The first kappa shape index (κ1) is 12.3. The zero-order valence-electron chi connectivity index (χ0n) is 11.3. The highest BCUT2D eigenvalue weighted by Gasteiger charge is 2.31. The van der Waals surface area contributed by atoms with Crippen molar-refractivity contribution in [1.29, 1.82) is 0 Å². The molecule has 0 saturated heterocycles. The highest BCUT2D eigenvalue weighted by atomic mass is 16.5. The number of hydrogen-bond donors (Lipinski definition) is 1. The minimum Gasteiger partial charge on any atom is -0.339 e. The summed E-state index contributed by atoms with van der Waals surface area (Å²) in [5, 5.41) is 7.35. The Morgan fingerprint density at radius 3 is 2.89 bits per heavy atom. The predicted octanol–water partition coefficient (Wildman–Crippen LogP) is 1.98. The number of aryl methyl sites for hydroxylation is 1. The molecule has 0 aliphatic heterocycles. The molecule has 2 aromatic heterocycles. The lowest BCUT2D eigenvalue weighted by Crippen LogP contribution is -2.29. The van der Waals surface area contributed by atoms with E-state index in [9.17, 15) is 0 Å². The highest BCUT2D eigenvalue weighted by molar-refractivity contribution is 5.47. The third-order valence-electron chi connectivity index (χ3n) is 3.54. The van der Waals surface area contributed by atoms with Crippen LogP contribution < -0.4 is 5.32 Å². The maximum atomic E-state index is 5.33. The van der Waals surface area contributed by atoms with Gasteiger partial charge in [-0.1, -0.05) is 11.2 Å². The van der Waals surface area contributed by atoms with Crippen LogP contribution in [0.5, 0.6) is 0 Å². The van der Waals surface area contributed by atoms with Gasteiger partial charge >= 0.3 is 0 Å². The minimum atomic E-state index is 0.443.